The van der Waals surface area contributed by atoms with Gasteiger partial charge in [0.15, 0.2) is 5.16 Å². The number of anilines is 1. The molecule has 0 aliphatic rings. The fourth-order valence-corrected chi connectivity index (χ4v) is 1.66. The van der Waals surface area contributed by atoms with Crippen LogP contribution < -0.4 is 5.73 Å². The number of hydrogen-bond donors (Lipinski definition) is 1. The summed E-state index contributed by atoms with van der Waals surface area (Å²) < 4.78 is 1.74. The van der Waals surface area contributed by atoms with Crippen molar-refractivity contribution in [2.45, 2.75) is 10.1 Å². The molecule has 2 N–H and O–H groups in total. The number of nitrogens with two attached hydrogens (primary N) is 1. The van der Waals surface area contributed by atoms with Crippen LogP contribution in [-0.4, -0.2) is 19.7 Å². The van der Waals surface area contributed by atoms with Crippen LogP contribution in [0.1, 0.15) is 0 Å². The van der Waals surface area contributed by atoms with Gasteiger partial charge in [-0.1, -0.05) is 0 Å². The molecule has 72 valence electrons. The number of hydrogen-bond acceptors (Lipinski definition) is 5. The summed E-state index contributed by atoms with van der Waals surface area (Å²) in [6, 6.07) is 0. The molecule has 0 saturated carbocycles. The van der Waals surface area contributed by atoms with Crippen LogP contribution in [0.15, 0.2) is 34.8 Å². The van der Waals surface area contributed by atoms with E-state index in [9.17, 15) is 0 Å². The summed E-state index contributed by atoms with van der Waals surface area (Å²) in [5.74, 6) is 0. The van der Waals surface area contributed by atoms with E-state index in [-0.39, 0.29) is 0 Å². The minimum atomic E-state index is 0.570. The van der Waals surface area contributed by atoms with Gasteiger partial charge in [-0.15, -0.1) is 0 Å². The first-order valence-corrected chi connectivity index (χ1v) is 4.80. The van der Waals surface area contributed by atoms with Crippen molar-refractivity contribution in [1.29, 1.82) is 0 Å². The summed E-state index contributed by atoms with van der Waals surface area (Å²) in [4.78, 5) is 9.16. The summed E-state index contributed by atoms with van der Waals surface area (Å²) in [5.41, 5.74) is 6.04. The Hall–Kier alpha value is -1.56. The number of aryl methyl sites for hydroxylation is 1. The maximum atomic E-state index is 5.47. The fraction of sp³-hybridized carbons (Fsp3) is 0.125. The highest BCUT2D eigenvalue weighted by Crippen LogP contribution is 2.23. The molecule has 0 spiro atoms. The van der Waals surface area contributed by atoms with Crippen molar-refractivity contribution in [2.75, 3.05) is 5.73 Å². The quantitative estimate of drug-likeness (QED) is 0.742. The van der Waals surface area contributed by atoms with E-state index in [1.165, 1.54) is 11.8 Å². The third-order valence-electron chi connectivity index (χ3n) is 1.54. The summed E-state index contributed by atoms with van der Waals surface area (Å²) in [5, 5.41) is 4.72. The minimum absolute atomic E-state index is 0.570. The molecule has 0 radical (unpaired) electrons. The van der Waals surface area contributed by atoms with Gasteiger partial charge in [-0.05, 0) is 11.8 Å². The van der Waals surface area contributed by atoms with E-state index in [2.05, 4.69) is 15.1 Å². The molecule has 5 nitrogen and oxygen atoms in total. The summed E-state index contributed by atoms with van der Waals surface area (Å²) >= 11 is 1.46. The third-order valence-corrected chi connectivity index (χ3v) is 2.38. The lowest BCUT2D eigenvalue weighted by atomic mass is 10.6. The first-order valence-electron chi connectivity index (χ1n) is 3.98. The zero-order valence-electron chi connectivity index (χ0n) is 7.58. The highest BCUT2D eigenvalue weighted by molar-refractivity contribution is 7.99. The molecular formula is C8H9N5S. The number of aromatic nitrogens is 4. The molecule has 0 aromatic carbocycles. The van der Waals surface area contributed by atoms with Gasteiger partial charge in [0.1, 0.15) is 0 Å². The van der Waals surface area contributed by atoms with E-state index >= 15 is 0 Å². The molecule has 0 aliphatic carbocycles. The van der Waals surface area contributed by atoms with Gasteiger partial charge in [-0.3, -0.25) is 4.68 Å². The lowest BCUT2D eigenvalue weighted by molar-refractivity contribution is 0.766. The molecule has 0 unspecified atom stereocenters. The summed E-state index contributed by atoms with van der Waals surface area (Å²) in [6.07, 6.45) is 6.85. The Bertz CT molecular complexity index is 422. The highest BCUT2D eigenvalue weighted by Gasteiger charge is 2.01. The summed E-state index contributed by atoms with van der Waals surface area (Å²) in [6.45, 7) is 0. The number of rotatable bonds is 2. The zero-order chi connectivity index (χ0) is 9.97. The van der Waals surface area contributed by atoms with Crippen LogP contribution in [0.2, 0.25) is 0 Å². The van der Waals surface area contributed by atoms with Gasteiger partial charge < -0.3 is 5.73 Å². The Balaban J connectivity index is 2.15. The molecule has 0 bridgehead atoms. The van der Waals surface area contributed by atoms with Gasteiger partial charge >= 0.3 is 0 Å². The van der Waals surface area contributed by atoms with Crippen LogP contribution in [-0.2, 0) is 7.05 Å². The van der Waals surface area contributed by atoms with Crippen LogP contribution in [0.5, 0.6) is 0 Å². The molecule has 14 heavy (non-hydrogen) atoms. The van der Waals surface area contributed by atoms with Gasteiger partial charge in [-0.2, -0.15) is 5.10 Å². The first-order chi connectivity index (χ1) is 6.74. The van der Waals surface area contributed by atoms with E-state index in [0.717, 1.165) is 4.90 Å². The van der Waals surface area contributed by atoms with Gasteiger partial charge in [-0.25, -0.2) is 9.97 Å². The smallest absolute Gasteiger partial charge is 0.192 e. The Labute approximate surface area is 85.4 Å². The van der Waals surface area contributed by atoms with Crippen molar-refractivity contribution in [2.24, 2.45) is 7.05 Å². The minimum Gasteiger partial charge on any atom is -0.396 e. The zero-order valence-corrected chi connectivity index (χ0v) is 8.40. The lowest BCUT2D eigenvalue weighted by Gasteiger charge is -1.95. The molecular weight excluding hydrogens is 198 g/mol. The monoisotopic (exact) mass is 207 g/mol. The molecule has 0 aliphatic heterocycles. The van der Waals surface area contributed by atoms with Gasteiger partial charge in [0.2, 0.25) is 0 Å². The third kappa shape index (κ3) is 2.02. The van der Waals surface area contributed by atoms with Crippen molar-refractivity contribution < 1.29 is 0 Å². The molecule has 0 atom stereocenters. The topological polar surface area (TPSA) is 69.6 Å². The van der Waals surface area contributed by atoms with E-state index in [1.807, 2.05) is 13.2 Å². The highest BCUT2D eigenvalue weighted by atomic mass is 32.2. The molecule has 0 saturated heterocycles. The fourth-order valence-electron chi connectivity index (χ4n) is 0.936. The van der Waals surface area contributed by atoms with Gasteiger partial charge in [0.05, 0.1) is 29.2 Å². The second-order valence-corrected chi connectivity index (χ2v) is 3.79. The maximum absolute atomic E-state index is 5.47. The average molecular weight is 207 g/mol. The Morgan fingerprint density at radius 1 is 1.29 bits per heavy atom. The van der Waals surface area contributed by atoms with Crippen LogP contribution in [0.25, 0.3) is 0 Å². The second kappa shape index (κ2) is 3.67. The van der Waals surface area contributed by atoms with Crippen molar-refractivity contribution in [1.82, 2.24) is 19.7 Å². The van der Waals surface area contributed by atoms with Crippen LogP contribution in [0.4, 0.5) is 5.69 Å². The molecule has 6 heteroatoms. The van der Waals surface area contributed by atoms with Crippen LogP contribution in [0, 0.1) is 0 Å². The lowest BCUT2D eigenvalue weighted by Crippen LogP contribution is -1.90. The Kier molecular flexibility index (Phi) is 2.36. The van der Waals surface area contributed by atoms with Gasteiger partial charge in [0.25, 0.3) is 0 Å². The normalized spacial score (nSPS) is 10.4. The van der Waals surface area contributed by atoms with Crippen LogP contribution in [0.3, 0.4) is 0 Å². The predicted octanol–water partition coefficient (Wildman–Crippen LogP) is 0.944. The van der Waals surface area contributed by atoms with Crippen molar-refractivity contribution in [3.63, 3.8) is 0 Å². The van der Waals surface area contributed by atoms with E-state index in [1.54, 1.807) is 23.3 Å². The molecule has 0 amide bonds. The maximum Gasteiger partial charge on any atom is 0.192 e. The van der Waals surface area contributed by atoms with Gasteiger partial charge in [0, 0.05) is 13.2 Å². The van der Waals surface area contributed by atoms with Crippen LogP contribution >= 0.6 is 11.8 Å². The number of nitrogen functional groups attached to an aromatic ring is 1. The van der Waals surface area contributed by atoms with E-state index in [0.29, 0.717) is 10.8 Å². The molecule has 2 rings (SSSR count). The van der Waals surface area contributed by atoms with Crippen molar-refractivity contribution >= 4 is 17.4 Å². The van der Waals surface area contributed by atoms with E-state index < -0.39 is 0 Å². The average Bonchev–Trinajstić information content (AvgIpc) is 2.56. The Morgan fingerprint density at radius 3 is 2.57 bits per heavy atom. The largest absolute Gasteiger partial charge is 0.396 e. The summed E-state index contributed by atoms with van der Waals surface area (Å²) in [7, 11) is 1.87. The second-order valence-electron chi connectivity index (χ2n) is 2.75. The first kappa shape index (κ1) is 9.01. The van der Waals surface area contributed by atoms with E-state index in [4.69, 9.17) is 5.73 Å². The molecule has 2 heterocycles. The number of nitrogens with zero attached hydrogens (tertiary/aromatic N) is 4. The molecule has 0 fully saturated rings. The molecule has 2 aromatic heterocycles. The van der Waals surface area contributed by atoms with Crippen molar-refractivity contribution in [3.05, 3.63) is 24.8 Å². The molecule has 2 aromatic rings. The Morgan fingerprint density at radius 2 is 2.00 bits per heavy atom. The SMILES string of the molecule is Cn1cc(Sc2ncc(N)cn2)cn1. The predicted molar refractivity (Wildman–Crippen MR) is 53.8 cm³/mol. The standard InChI is InChI=1S/C8H9N5S/c1-13-5-7(4-12-13)14-8-10-2-6(9)3-11-8/h2-5H,9H2,1H3. The van der Waals surface area contributed by atoms with Crippen molar-refractivity contribution in [3.8, 4) is 0 Å².